The Morgan fingerprint density at radius 1 is 0.792 bits per heavy atom. The van der Waals surface area contributed by atoms with Crippen LogP contribution in [0.5, 0.6) is 0 Å². The molecule has 0 aromatic heterocycles. The van der Waals surface area contributed by atoms with Crippen molar-refractivity contribution < 1.29 is 14.4 Å². The van der Waals surface area contributed by atoms with Gasteiger partial charge in [0, 0.05) is 40.2 Å². The normalized spacial score (nSPS) is 21.6. The number of ketones is 1. The summed E-state index contributed by atoms with van der Waals surface area (Å²) >= 11 is 6.36. The Kier molecular flexibility index (Phi) is 12.5. The summed E-state index contributed by atoms with van der Waals surface area (Å²) < 4.78 is 0. The predicted octanol–water partition coefficient (Wildman–Crippen LogP) is 10.7. The lowest BCUT2D eigenvalue weighted by Gasteiger charge is -2.39. The summed E-state index contributed by atoms with van der Waals surface area (Å²) in [5.74, 6) is -1.47. The molecule has 0 saturated carbocycles. The molecular weight excluding hydrogens is 616 g/mol. The van der Waals surface area contributed by atoms with Gasteiger partial charge >= 0.3 is 0 Å². The number of para-hydroxylation sites is 1. The number of carbonyl (C=O) groups is 3. The van der Waals surface area contributed by atoms with Gasteiger partial charge in [0.05, 0.1) is 5.92 Å². The minimum Gasteiger partial charge on any atom is -0.323 e. The van der Waals surface area contributed by atoms with Crippen LogP contribution in [0.15, 0.2) is 78.9 Å². The van der Waals surface area contributed by atoms with Crippen LogP contribution in [0, 0.1) is 11.8 Å². The maximum absolute atomic E-state index is 14.9. The van der Waals surface area contributed by atoms with E-state index in [9.17, 15) is 14.4 Å². The first-order valence-corrected chi connectivity index (χ1v) is 18.8. The second-order valence-electron chi connectivity index (χ2n) is 14.3. The average molecular weight is 669 g/mol. The Morgan fingerprint density at radius 2 is 1.38 bits per heavy atom. The van der Waals surface area contributed by atoms with Crippen LogP contribution in [-0.2, 0) is 15.1 Å². The number of halogens is 1. The fourth-order valence-corrected chi connectivity index (χ4v) is 8.40. The van der Waals surface area contributed by atoms with Gasteiger partial charge in [0.15, 0.2) is 11.3 Å². The summed E-state index contributed by atoms with van der Waals surface area (Å²) in [6.45, 7) is 6.54. The van der Waals surface area contributed by atoms with Gasteiger partial charge in [-0.15, -0.1) is 0 Å². The average Bonchev–Trinajstić information content (AvgIpc) is 3.54. The zero-order valence-electron chi connectivity index (χ0n) is 29.1. The van der Waals surface area contributed by atoms with Crippen molar-refractivity contribution >= 4 is 34.9 Å². The highest BCUT2D eigenvalue weighted by Crippen LogP contribution is 2.60. The molecule has 1 spiro atoms. The number of carbonyl (C=O) groups excluding carboxylic acids is 3. The van der Waals surface area contributed by atoms with Crippen molar-refractivity contribution in [1.29, 1.82) is 0 Å². The van der Waals surface area contributed by atoms with Gasteiger partial charge in [-0.2, -0.15) is 0 Å². The molecule has 48 heavy (non-hydrogen) atoms. The SMILES string of the molecule is CCCCCCCCCCCCCC(=O)N1C(CC(C)C)C(c2ccc(Cl)cc2)C(C(=O)c2ccccc2)C12C(=O)Nc1ccccc12. The zero-order valence-corrected chi connectivity index (χ0v) is 29.8. The molecular formula is C42H53ClN2O3. The molecule has 0 bridgehead atoms. The number of amides is 2. The fraction of sp³-hybridized carbons (Fsp3) is 0.500. The molecule has 256 valence electrons. The first kappa shape index (κ1) is 35.9. The van der Waals surface area contributed by atoms with Crippen molar-refractivity contribution in [1.82, 2.24) is 4.90 Å². The van der Waals surface area contributed by atoms with E-state index in [0.717, 1.165) is 24.8 Å². The highest BCUT2D eigenvalue weighted by molar-refractivity contribution is 6.30. The Labute approximate surface area is 292 Å². The molecule has 2 aliphatic heterocycles. The largest absolute Gasteiger partial charge is 0.323 e. The van der Waals surface area contributed by atoms with Gasteiger partial charge in [-0.3, -0.25) is 14.4 Å². The van der Waals surface area contributed by atoms with E-state index in [2.05, 4.69) is 26.1 Å². The first-order chi connectivity index (χ1) is 23.3. The molecule has 1 N–H and O–H groups in total. The number of nitrogens with zero attached hydrogens (tertiary/aromatic N) is 1. The number of fused-ring (bicyclic) bond motifs is 2. The van der Waals surface area contributed by atoms with Crippen molar-refractivity contribution in [2.45, 2.75) is 122 Å². The van der Waals surface area contributed by atoms with E-state index < -0.39 is 17.4 Å². The number of rotatable bonds is 17. The highest BCUT2D eigenvalue weighted by Gasteiger charge is 2.69. The number of nitrogens with one attached hydrogen (secondary N) is 1. The molecule has 2 aliphatic rings. The molecule has 4 unspecified atom stereocenters. The second kappa shape index (κ2) is 16.8. The Hall–Kier alpha value is -3.44. The highest BCUT2D eigenvalue weighted by atomic mass is 35.5. The molecule has 5 rings (SSSR count). The van der Waals surface area contributed by atoms with Crippen LogP contribution in [0.25, 0.3) is 0 Å². The quantitative estimate of drug-likeness (QED) is 0.115. The second-order valence-corrected chi connectivity index (χ2v) is 14.7. The Bertz CT molecular complexity index is 1520. The number of likely N-dealkylation sites (tertiary alicyclic amines) is 1. The fourth-order valence-electron chi connectivity index (χ4n) is 8.28. The molecule has 1 saturated heterocycles. The van der Waals surface area contributed by atoms with Gasteiger partial charge in [0.1, 0.15) is 0 Å². The van der Waals surface area contributed by atoms with E-state index in [4.69, 9.17) is 11.6 Å². The number of hydrogen-bond acceptors (Lipinski definition) is 3. The van der Waals surface area contributed by atoms with Crippen LogP contribution in [0.4, 0.5) is 5.69 Å². The van der Waals surface area contributed by atoms with Crippen LogP contribution in [-0.4, -0.2) is 28.5 Å². The predicted molar refractivity (Wildman–Crippen MR) is 196 cm³/mol. The van der Waals surface area contributed by atoms with Crippen LogP contribution in [0.1, 0.15) is 132 Å². The molecule has 0 radical (unpaired) electrons. The molecule has 0 aliphatic carbocycles. The molecule has 2 amide bonds. The van der Waals surface area contributed by atoms with Gasteiger partial charge in [0.25, 0.3) is 5.91 Å². The summed E-state index contributed by atoms with van der Waals surface area (Å²) in [4.78, 5) is 46.2. The van der Waals surface area contributed by atoms with Crippen molar-refractivity contribution in [3.63, 3.8) is 0 Å². The van der Waals surface area contributed by atoms with Gasteiger partial charge < -0.3 is 10.2 Å². The number of hydrogen-bond donors (Lipinski definition) is 1. The topological polar surface area (TPSA) is 66.5 Å². The minimum atomic E-state index is -1.47. The van der Waals surface area contributed by atoms with E-state index in [-0.39, 0.29) is 29.6 Å². The van der Waals surface area contributed by atoms with Crippen LogP contribution >= 0.6 is 11.6 Å². The summed E-state index contributed by atoms with van der Waals surface area (Å²) in [5.41, 5.74) is 1.37. The molecule has 6 heteroatoms. The summed E-state index contributed by atoms with van der Waals surface area (Å²) in [5, 5.41) is 3.71. The molecule has 3 aromatic rings. The van der Waals surface area contributed by atoms with Gasteiger partial charge in [-0.1, -0.05) is 157 Å². The minimum absolute atomic E-state index is 0.0502. The summed E-state index contributed by atoms with van der Waals surface area (Å²) in [6, 6.07) is 24.1. The third kappa shape index (κ3) is 7.57. The number of Topliss-reactive ketones (excluding diaryl/α,β-unsaturated/α-hetero) is 1. The van der Waals surface area contributed by atoms with E-state index >= 15 is 0 Å². The molecule has 4 atom stereocenters. The van der Waals surface area contributed by atoms with Crippen molar-refractivity contribution in [2.24, 2.45) is 11.8 Å². The summed E-state index contributed by atoms with van der Waals surface area (Å²) in [7, 11) is 0. The molecule has 1 fully saturated rings. The van der Waals surface area contributed by atoms with Gasteiger partial charge in [-0.25, -0.2) is 0 Å². The lowest BCUT2D eigenvalue weighted by molar-refractivity contribution is -0.146. The lowest BCUT2D eigenvalue weighted by Crippen LogP contribution is -2.56. The van der Waals surface area contributed by atoms with E-state index in [1.165, 1.54) is 51.4 Å². The standard InChI is InChI=1S/C42H53ClN2O3/c1-4-5-6-7-8-9-10-11-12-13-17-24-37(46)45-36(29-30(2)3)38(31-25-27-33(43)28-26-31)39(40(47)32-20-15-14-16-21-32)42(45)34-22-18-19-23-35(34)44-41(42)48/h14-16,18-23,25-28,30,36,38-39H,4-13,17,24,29H2,1-3H3,(H,44,48). The lowest BCUT2D eigenvalue weighted by atomic mass is 9.69. The van der Waals surface area contributed by atoms with Crippen LogP contribution in [0.2, 0.25) is 5.02 Å². The monoisotopic (exact) mass is 668 g/mol. The maximum atomic E-state index is 14.9. The van der Waals surface area contributed by atoms with Crippen molar-refractivity contribution in [2.75, 3.05) is 5.32 Å². The van der Waals surface area contributed by atoms with Crippen LogP contribution < -0.4 is 5.32 Å². The van der Waals surface area contributed by atoms with E-state index in [0.29, 0.717) is 34.7 Å². The summed E-state index contributed by atoms with van der Waals surface area (Å²) in [6.07, 6.45) is 14.2. The molecule has 5 nitrogen and oxygen atoms in total. The maximum Gasteiger partial charge on any atom is 0.255 e. The zero-order chi connectivity index (χ0) is 34.1. The smallest absolute Gasteiger partial charge is 0.255 e. The van der Waals surface area contributed by atoms with Gasteiger partial charge in [-0.05, 0) is 42.5 Å². The van der Waals surface area contributed by atoms with Gasteiger partial charge in [0.2, 0.25) is 5.91 Å². The van der Waals surface area contributed by atoms with E-state index in [1.54, 1.807) is 0 Å². The first-order valence-electron chi connectivity index (χ1n) is 18.4. The Balaban J connectivity index is 1.49. The van der Waals surface area contributed by atoms with Crippen molar-refractivity contribution in [3.8, 4) is 0 Å². The Morgan fingerprint density at radius 3 is 2.00 bits per heavy atom. The van der Waals surface area contributed by atoms with Crippen LogP contribution in [0.3, 0.4) is 0 Å². The number of anilines is 1. The van der Waals surface area contributed by atoms with E-state index in [1.807, 2.05) is 83.8 Å². The number of unbranched alkanes of at least 4 members (excludes halogenated alkanes) is 10. The van der Waals surface area contributed by atoms with Crippen molar-refractivity contribution in [3.05, 3.63) is 101 Å². The molecule has 3 aromatic carbocycles. The third-order valence-electron chi connectivity index (χ3n) is 10.4. The molecule has 2 heterocycles. The third-order valence-corrected chi connectivity index (χ3v) is 10.7. The number of benzene rings is 3.